The van der Waals surface area contributed by atoms with Crippen LogP contribution in [0.25, 0.3) is 0 Å². The van der Waals surface area contributed by atoms with Crippen molar-refractivity contribution in [3.05, 3.63) is 12.1 Å². The molecule has 102 valence electrons. The number of thioether (sulfide) groups is 1. The third-order valence-electron chi connectivity index (χ3n) is 3.39. The second-order valence-electron chi connectivity index (χ2n) is 4.88. The lowest BCUT2D eigenvalue weighted by molar-refractivity contribution is -0.118. The standard InChI is InChI=1S/C13H17N3O2S/c14-9-3-12-11(16-13(17)6-18-12)4-10(9)15-5-8-1-2-19-7-8/h3-4,8,15H,1-2,5-7,14H2,(H,16,17). The van der Waals surface area contributed by atoms with Crippen LogP contribution in [-0.4, -0.2) is 30.6 Å². The van der Waals surface area contributed by atoms with Gasteiger partial charge in [0.1, 0.15) is 5.75 Å². The van der Waals surface area contributed by atoms with Crippen LogP contribution in [0, 0.1) is 5.92 Å². The zero-order valence-corrected chi connectivity index (χ0v) is 11.4. The highest BCUT2D eigenvalue weighted by Gasteiger charge is 2.19. The molecule has 0 spiro atoms. The van der Waals surface area contributed by atoms with Crippen LogP contribution < -0.4 is 21.1 Å². The number of rotatable bonds is 3. The third-order valence-corrected chi connectivity index (χ3v) is 4.62. The van der Waals surface area contributed by atoms with E-state index in [9.17, 15) is 4.79 Å². The summed E-state index contributed by atoms with van der Waals surface area (Å²) in [6.07, 6.45) is 1.25. The van der Waals surface area contributed by atoms with Gasteiger partial charge in [0.25, 0.3) is 5.91 Å². The lowest BCUT2D eigenvalue weighted by Crippen LogP contribution is -2.25. The molecule has 1 unspecified atom stereocenters. The van der Waals surface area contributed by atoms with Gasteiger partial charge in [-0.1, -0.05) is 0 Å². The molecule has 1 aromatic rings. The smallest absolute Gasteiger partial charge is 0.262 e. The third kappa shape index (κ3) is 2.73. The number of carbonyl (C=O) groups is 1. The number of anilines is 3. The average molecular weight is 279 g/mol. The Labute approximate surface area is 116 Å². The number of ether oxygens (including phenoxy) is 1. The predicted molar refractivity (Wildman–Crippen MR) is 78.9 cm³/mol. The molecule has 1 saturated heterocycles. The fraction of sp³-hybridized carbons (Fsp3) is 0.462. The van der Waals surface area contributed by atoms with Gasteiger partial charge in [0.2, 0.25) is 0 Å². The maximum absolute atomic E-state index is 11.3. The van der Waals surface area contributed by atoms with Crippen molar-refractivity contribution in [1.29, 1.82) is 0 Å². The summed E-state index contributed by atoms with van der Waals surface area (Å²) >= 11 is 2.00. The van der Waals surface area contributed by atoms with E-state index in [1.54, 1.807) is 6.07 Å². The zero-order chi connectivity index (χ0) is 13.2. The van der Waals surface area contributed by atoms with E-state index < -0.39 is 0 Å². The fourth-order valence-corrected chi connectivity index (χ4v) is 3.58. The second-order valence-corrected chi connectivity index (χ2v) is 6.03. The minimum Gasteiger partial charge on any atom is -0.482 e. The van der Waals surface area contributed by atoms with Gasteiger partial charge in [-0.2, -0.15) is 11.8 Å². The van der Waals surface area contributed by atoms with Gasteiger partial charge < -0.3 is 21.1 Å². The Balaban J connectivity index is 1.73. The number of nitrogen functional groups attached to an aromatic ring is 1. The highest BCUT2D eigenvalue weighted by Crippen LogP contribution is 2.35. The van der Waals surface area contributed by atoms with Crippen LogP contribution in [0.5, 0.6) is 5.75 Å². The van der Waals surface area contributed by atoms with E-state index in [4.69, 9.17) is 10.5 Å². The number of hydrogen-bond acceptors (Lipinski definition) is 5. The van der Waals surface area contributed by atoms with Crippen molar-refractivity contribution in [3.8, 4) is 5.75 Å². The number of hydrogen-bond donors (Lipinski definition) is 3. The Morgan fingerprint density at radius 2 is 2.42 bits per heavy atom. The molecular formula is C13H17N3O2S. The van der Waals surface area contributed by atoms with Crippen molar-refractivity contribution in [2.24, 2.45) is 5.92 Å². The maximum Gasteiger partial charge on any atom is 0.262 e. The predicted octanol–water partition coefficient (Wildman–Crippen LogP) is 1.76. The van der Waals surface area contributed by atoms with Gasteiger partial charge >= 0.3 is 0 Å². The Kier molecular flexibility index (Phi) is 3.42. The average Bonchev–Trinajstić information content (AvgIpc) is 2.90. The summed E-state index contributed by atoms with van der Waals surface area (Å²) in [5, 5.41) is 6.17. The monoisotopic (exact) mass is 279 g/mol. The first-order valence-electron chi connectivity index (χ1n) is 6.40. The van der Waals surface area contributed by atoms with Crippen LogP contribution in [0.4, 0.5) is 17.1 Å². The molecule has 1 fully saturated rings. The van der Waals surface area contributed by atoms with Gasteiger partial charge in [-0.05, 0) is 29.9 Å². The number of nitrogens with one attached hydrogen (secondary N) is 2. The largest absolute Gasteiger partial charge is 0.482 e. The molecule has 2 aliphatic rings. The molecule has 1 atom stereocenters. The number of nitrogens with two attached hydrogens (primary N) is 1. The highest BCUT2D eigenvalue weighted by molar-refractivity contribution is 7.99. The van der Waals surface area contributed by atoms with E-state index in [-0.39, 0.29) is 12.5 Å². The van der Waals surface area contributed by atoms with E-state index in [1.165, 1.54) is 17.9 Å². The fourth-order valence-electron chi connectivity index (χ4n) is 2.29. The van der Waals surface area contributed by atoms with Gasteiger partial charge in [-0.3, -0.25) is 4.79 Å². The molecule has 1 amide bonds. The van der Waals surface area contributed by atoms with Gasteiger partial charge in [-0.15, -0.1) is 0 Å². The van der Waals surface area contributed by atoms with Crippen molar-refractivity contribution < 1.29 is 9.53 Å². The summed E-state index contributed by atoms with van der Waals surface area (Å²) < 4.78 is 5.33. The Morgan fingerprint density at radius 1 is 1.53 bits per heavy atom. The summed E-state index contributed by atoms with van der Waals surface area (Å²) in [5.74, 6) is 3.66. The number of fused-ring (bicyclic) bond motifs is 1. The lowest BCUT2D eigenvalue weighted by atomic mass is 10.1. The van der Waals surface area contributed by atoms with Crippen LogP contribution in [0.1, 0.15) is 6.42 Å². The lowest BCUT2D eigenvalue weighted by Gasteiger charge is -2.21. The Morgan fingerprint density at radius 3 is 3.21 bits per heavy atom. The zero-order valence-electron chi connectivity index (χ0n) is 10.6. The topological polar surface area (TPSA) is 76.4 Å². The van der Waals surface area contributed by atoms with Gasteiger partial charge in [0.15, 0.2) is 6.61 Å². The van der Waals surface area contributed by atoms with Crippen LogP contribution >= 0.6 is 11.8 Å². The molecule has 0 aliphatic carbocycles. The van der Waals surface area contributed by atoms with Gasteiger partial charge in [-0.25, -0.2) is 0 Å². The highest BCUT2D eigenvalue weighted by atomic mass is 32.2. The first-order valence-corrected chi connectivity index (χ1v) is 7.55. The van der Waals surface area contributed by atoms with Crippen molar-refractivity contribution in [1.82, 2.24) is 0 Å². The minimum absolute atomic E-state index is 0.0541. The second kappa shape index (κ2) is 5.21. The number of benzene rings is 1. The summed E-state index contributed by atoms with van der Waals surface area (Å²) in [7, 11) is 0. The van der Waals surface area contributed by atoms with Crippen molar-refractivity contribution in [2.45, 2.75) is 6.42 Å². The first-order chi connectivity index (χ1) is 9.22. The molecule has 0 radical (unpaired) electrons. The van der Waals surface area contributed by atoms with Crippen molar-refractivity contribution in [2.75, 3.05) is 41.0 Å². The van der Waals surface area contributed by atoms with Crippen molar-refractivity contribution in [3.63, 3.8) is 0 Å². The molecule has 2 aliphatic heterocycles. The number of amides is 1. The van der Waals surface area contributed by atoms with E-state index in [0.29, 0.717) is 23.0 Å². The molecule has 3 rings (SSSR count). The van der Waals surface area contributed by atoms with Crippen LogP contribution in [0.2, 0.25) is 0 Å². The molecule has 0 aromatic heterocycles. The summed E-state index contributed by atoms with van der Waals surface area (Å²) in [4.78, 5) is 11.3. The Hall–Kier alpha value is -1.56. The SMILES string of the molecule is Nc1cc2c(cc1NCC1CCSC1)NC(=O)CO2. The van der Waals surface area contributed by atoms with E-state index in [2.05, 4.69) is 10.6 Å². The molecule has 4 N–H and O–H groups in total. The Bertz CT molecular complexity index is 501. The van der Waals surface area contributed by atoms with Crippen LogP contribution in [0.3, 0.4) is 0 Å². The van der Waals surface area contributed by atoms with Gasteiger partial charge in [0.05, 0.1) is 17.1 Å². The number of carbonyl (C=O) groups excluding carboxylic acids is 1. The normalized spacial score (nSPS) is 21.5. The first kappa shape index (κ1) is 12.5. The molecule has 19 heavy (non-hydrogen) atoms. The molecule has 1 aromatic carbocycles. The van der Waals surface area contributed by atoms with Crippen molar-refractivity contribution >= 4 is 34.7 Å². The summed E-state index contributed by atoms with van der Waals surface area (Å²) in [6.45, 7) is 0.975. The molecule has 0 saturated carbocycles. The quantitative estimate of drug-likeness (QED) is 0.735. The molecular weight excluding hydrogens is 262 g/mol. The molecule has 2 heterocycles. The maximum atomic E-state index is 11.3. The van der Waals surface area contributed by atoms with Gasteiger partial charge in [0, 0.05) is 12.6 Å². The summed E-state index contributed by atoms with van der Waals surface area (Å²) in [6, 6.07) is 3.62. The van der Waals surface area contributed by atoms with Crippen LogP contribution in [-0.2, 0) is 4.79 Å². The van der Waals surface area contributed by atoms with E-state index in [1.807, 2.05) is 17.8 Å². The minimum atomic E-state index is -0.129. The van der Waals surface area contributed by atoms with Crippen LogP contribution in [0.15, 0.2) is 12.1 Å². The van der Waals surface area contributed by atoms with E-state index >= 15 is 0 Å². The van der Waals surface area contributed by atoms with E-state index in [0.717, 1.165) is 12.2 Å². The molecule has 5 nitrogen and oxygen atoms in total. The summed E-state index contributed by atoms with van der Waals surface area (Å²) in [5.41, 5.74) is 8.21. The molecule has 6 heteroatoms. The molecule has 0 bridgehead atoms.